The van der Waals surface area contributed by atoms with Gasteiger partial charge in [-0.05, 0) is 5.75 Å². The van der Waals surface area contributed by atoms with E-state index in [1.807, 2.05) is 6.92 Å². The van der Waals surface area contributed by atoms with E-state index in [-0.39, 0.29) is 0 Å². The Kier molecular flexibility index (Phi) is 4.47. The van der Waals surface area contributed by atoms with Crippen molar-refractivity contribution < 1.29 is 14.7 Å². The predicted octanol–water partition coefficient (Wildman–Crippen LogP) is 0.0405. The second-order valence-electron chi connectivity index (χ2n) is 1.26. The fraction of sp³-hybridized carbons (Fsp3) is 0.750. The first-order valence-electron chi connectivity index (χ1n) is 2.42. The molecule has 3 N–H and O–H groups in total. The molecule has 1 unspecified atom stereocenters. The van der Waals surface area contributed by atoms with E-state index in [2.05, 4.69) is 10.7 Å². The maximum absolute atomic E-state index is 10.1. The lowest BCUT2D eigenvalue weighted by atomic mass is 10.7. The van der Waals surface area contributed by atoms with Crippen LogP contribution in [0.2, 0.25) is 0 Å². The number of aliphatic carboxylic acids is 1. The lowest BCUT2D eigenvalue weighted by molar-refractivity contribution is -0.144. The Morgan fingerprint density at radius 1 is 2.00 bits per heavy atom. The van der Waals surface area contributed by atoms with Crippen LogP contribution in [-0.2, 0) is 9.63 Å². The van der Waals surface area contributed by atoms with Gasteiger partial charge in [-0.1, -0.05) is 6.92 Å². The van der Waals surface area contributed by atoms with Gasteiger partial charge in [-0.3, -0.25) is 4.84 Å². The second-order valence-corrected chi connectivity index (χ2v) is 2.60. The van der Waals surface area contributed by atoms with Gasteiger partial charge in [0, 0.05) is 0 Å². The molecule has 0 aromatic heterocycles. The molecule has 0 amide bonds. The van der Waals surface area contributed by atoms with Gasteiger partial charge in [0.2, 0.25) is 5.44 Å². The third kappa shape index (κ3) is 3.34. The zero-order chi connectivity index (χ0) is 7.28. The van der Waals surface area contributed by atoms with Crippen LogP contribution in [0.5, 0.6) is 0 Å². The Morgan fingerprint density at radius 2 is 2.56 bits per heavy atom. The minimum atomic E-state index is -1.04. The molecule has 9 heavy (non-hydrogen) atoms. The van der Waals surface area contributed by atoms with Crippen LogP contribution in [0.15, 0.2) is 0 Å². The van der Waals surface area contributed by atoms with Gasteiger partial charge in [0.25, 0.3) is 0 Å². The molecule has 0 aromatic rings. The van der Waals surface area contributed by atoms with E-state index in [9.17, 15) is 4.79 Å². The molecule has 0 spiro atoms. The minimum Gasteiger partial charge on any atom is -0.479 e. The summed E-state index contributed by atoms with van der Waals surface area (Å²) in [5, 5.41) is 8.28. The molecule has 0 aromatic carbocycles. The molecule has 0 saturated heterocycles. The van der Waals surface area contributed by atoms with Crippen LogP contribution in [0.25, 0.3) is 0 Å². The van der Waals surface area contributed by atoms with Crippen molar-refractivity contribution in [1.29, 1.82) is 0 Å². The Bertz CT molecular complexity index is 97.8. The van der Waals surface area contributed by atoms with Crippen molar-refractivity contribution >= 4 is 17.7 Å². The van der Waals surface area contributed by atoms with Gasteiger partial charge in [-0.15, -0.1) is 11.8 Å². The molecule has 1 atom stereocenters. The zero-order valence-electron chi connectivity index (χ0n) is 5.03. The fourth-order valence-electron chi connectivity index (χ4n) is 0.320. The molecule has 54 valence electrons. The molecule has 0 radical (unpaired) electrons. The van der Waals surface area contributed by atoms with Gasteiger partial charge in [0.05, 0.1) is 0 Å². The first-order valence-corrected chi connectivity index (χ1v) is 3.47. The third-order valence-electron chi connectivity index (χ3n) is 0.643. The van der Waals surface area contributed by atoms with Crippen molar-refractivity contribution in [2.24, 2.45) is 5.90 Å². The molecule has 0 fully saturated rings. The highest BCUT2D eigenvalue weighted by molar-refractivity contribution is 8.00. The van der Waals surface area contributed by atoms with E-state index in [0.717, 1.165) is 11.8 Å². The molecule has 0 heterocycles. The SMILES string of the molecule is CCSC(ON)C(=O)O. The Balaban J connectivity index is 3.54. The maximum atomic E-state index is 10.1. The fourth-order valence-corrected chi connectivity index (χ4v) is 0.844. The number of nitrogens with two attached hydrogens (primary N) is 1. The highest BCUT2D eigenvalue weighted by Gasteiger charge is 2.15. The van der Waals surface area contributed by atoms with Crippen LogP contribution in [0, 0.1) is 0 Å². The molecule has 4 nitrogen and oxygen atoms in total. The first-order chi connectivity index (χ1) is 4.22. The van der Waals surface area contributed by atoms with Crippen molar-refractivity contribution in [1.82, 2.24) is 0 Å². The second kappa shape index (κ2) is 4.60. The quantitative estimate of drug-likeness (QED) is 0.438. The molecule has 0 bridgehead atoms. The van der Waals surface area contributed by atoms with Gasteiger partial charge in [0.1, 0.15) is 0 Å². The lowest BCUT2D eigenvalue weighted by Gasteiger charge is -2.05. The summed E-state index contributed by atoms with van der Waals surface area (Å²) < 4.78 is 0. The number of hydrogen-bond acceptors (Lipinski definition) is 4. The summed E-state index contributed by atoms with van der Waals surface area (Å²) in [5.41, 5.74) is -0.921. The molecule has 0 aliphatic carbocycles. The zero-order valence-corrected chi connectivity index (χ0v) is 5.85. The molecule has 0 saturated carbocycles. The van der Waals surface area contributed by atoms with Gasteiger partial charge >= 0.3 is 5.97 Å². The predicted molar refractivity (Wildman–Crippen MR) is 34.8 cm³/mol. The average Bonchev–Trinajstić information content (AvgIpc) is 1.82. The third-order valence-corrected chi connectivity index (χ3v) is 1.59. The van der Waals surface area contributed by atoms with E-state index in [4.69, 9.17) is 5.11 Å². The highest BCUT2D eigenvalue weighted by atomic mass is 32.2. The van der Waals surface area contributed by atoms with Crippen LogP contribution in [0.4, 0.5) is 0 Å². The van der Waals surface area contributed by atoms with Crippen molar-refractivity contribution in [3.05, 3.63) is 0 Å². The van der Waals surface area contributed by atoms with E-state index < -0.39 is 11.4 Å². The lowest BCUT2D eigenvalue weighted by Crippen LogP contribution is -2.23. The van der Waals surface area contributed by atoms with E-state index in [1.165, 1.54) is 0 Å². The molecular formula is C4H9NO3S. The molecular weight excluding hydrogens is 142 g/mol. The summed E-state index contributed by atoms with van der Waals surface area (Å²) >= 11 is 1.14. The summed E-state index contributed by atoms with van der Waals surface area (Å²) in [4.78, 5) is 14.2. The smallest absolute Gasteiger partial charge is 0.345 e. The van der Waals surface area contributed by atoms with Crippen molar-refractivity contribution in [3.63, 3.8) is 0 Å². The van der Waals surface area contributed by atoms with Gasteiger partial charge < -0.3 is 5.11 Å². The van der Waals surface area contributed by atoms with Crippen LogP contribution in [0.3, 0.4) is 0 Å². The number of carboxylic acid groups (broad SMARTS) is 1. The largest absolute Gasteiger partial charge is 0.479 e. The van der Waals surface area contributed by atoms with E-state index in [1.54, 1.807) is 0 Å². The van der Waals surface area contributed by atoms with Crippen molar-refractivity contribution in [2.75, 3.05) is 5.75 Å². The maximum Gasteiger partial charge on any atom is 0.345 e. The van der Waals surface area contributed by atoms with Crippen molar-refractivity contribution in [2.45, 2.75) is 12.4 Å². The highest BCUT2D eigenvalue weighted by Crippen LogP contribution is 2.08. The van der Waals surface area contributed by atoms with Gasteiger partial charge in [-0.2, -0.15) is 0 Å². The van der Waals surface area contributed by atoms with Crippen LogP contribution >= 0.6 is 11.8 Å². The standard InChI is InChI=1S/C4H9NO3S/c1-2-9-4(8-5)3(6)7/h4H,2,5H2,1H3,(H,6,7). The number of carboxylic acids is 1. The van der Waals surface area contributed by atoms with Gasteiger partial charge in [0.15, 0.2) is 0 Å². The van der Waals surface area contributed by atoms with Crippen molar-refractivity contribution in [3.8, 4) is 0 Å². The Labute approximate surface area is 57.3 Å². The summed E-state index contributed by atoms with van der Waals surface area (Å²) in [6.07, 6.45) is 0. The summed E-state index contributed by atoms with van der Waals surface area (Å²) in [6.45, 7) is 1.83. The summed E-state index contributed by atoms with van der Waals surface area (Å²) in [7, 11) is 0. The van der Waals surface area contributed by atoms with Crippen LogP contribution < -0.4 is 5.90 Å². The summed E-state index contributed by atoms with van der Waals surface area (Å²) in [6, 6.07) is 0. The normalized spacial score (nSPS) is 13.1. The number of carbonyl (C=O) groups is 1. The molecule has 5 heteroatoms. The van der Waals surface area contributed by atoms with Crippen LogP contribution in [-0.4, -0.2) is 22.3 Å². The Hall–Kier alpha value is -0.260. The van der Waals surface area contributed by atoms with Gasteiger partial charge in [-0.25, -0.2) is 10.7 Å². The number of thioether (sulfide) groups is 1. The van der Waals surface area contributed by atoms with E-state index in [0.29, 0.717) is 5.75 Å². The Morgan fingerprint density at radius 3 is 2.67 bits per heavy atom. The topological polar surface area (TPSA) is 72.5 Å². The van der Waals surface area contributed by atoms with E-state index >= 15 is 0 Å². The first kappa shape index (κ1) is 8.74. The summed E-state index contributed by atoms with van der Waals surface area (Å²) in [5.74, 6) is 4.30. The average molecular weight is 151 g/mol. The minimum absolute atomic E-state index is 0.675. The molecule has 0 rings (SSSR count). The molecule has 0 aliphatic rings. The number of hydrogen-bond donors (Lipinski definition) is 2. The molecule has 0 aliphatic heterocycles. The van der Waals surface area contributed by atoms with Crippen LogP contribution in [0.1, 0.15) is 6.92 Å². The number of rotatable bonds is 4. The monoisotopic (exact) mass is 151 g/mol.